The van der Waals surface area contributed by atoms with Gasteiger partial charge in [-0.05, 0) is 24.3 Å². The summed E-state index contributed by atoms with van der Waals surface area (Å²) < 4.78 is 0. The van der Waals surface area contributed by atoms with Crippen molar-refractivity contribution < 1.29 is 0 Å². The molecule has 0 amide bonds. The summed E-state index contributed by atoms with van der Waals surface area (Å²) in [4.78, 5) is 2.45. The number of hydrogen-bond donors (Lipinski definition) is 0. The molecule has 0 unspecified atom stereocenters. The minimum Gasteiger partial charge on any atom is -0.375 e. The average molecular weight is 215 g/mol. The molecular weight excluding hydrogens is 194 g/mol. The van der Waals surface area contributed by atoms with Crippen molar-refractivity contribution in [3.63, 3.8) is 0 Å². The summed E-state index contributed by atoms with van der Waals surface area (Å²) in [6, 6.07) is 10.6. The molecule has 1 fully saturated rings. The lowest BCUT2D eigenvalue weighted by Gasteiger charge is -2.33. The van der Waals surface area contributed by atoms with Gasteiger partial charge in [0, 0.05) is 25.2 Å². The van der Waals surface area contributed by atoms with Crippen molar-refractivity contribution in [2.75, 3.05) is 13.1 Å². The van der Waals surface area contributed by atoms with Crippen LogP contribution in [0.4, 0.5) is 0 Å². The summed E-state index contributed by atoms with van der Waals surface area (Å²) >= 11 is 0. The summed E-state index contributed by atoms with van der Waals surface area (Å²) in [6.45, 7) is 8.94. The van der Waals surface area contributed by atoms with E-state index in [-0.39, 0.29) is 0 Å². The van der Waals surface area contributed by atoms with E-state index in [1.165, 1.54) is 37.2 Å². The zero-order valence-corrected chi connectivity index (χ0v) is 10.2. The molecule has 86 valence electrons. The van der Waals surface area contributed by atoms with Crippen molar-refractivity contribution in [2.45, 2.75) is 26.2 Å². The largest absolute Gasteiger partial charge is 0.375 e. The van der Waals surface area contributed by atoms with Crippen molar-refractivity contribution in [3.8, 4) is 0 Å². The lowest BCUT2D eigenvalue weighted by molar-refractivity contribution is 0.234. The van der Waals surface area contributed by atoms with E-state index in [0.29, 0.717) is 0 Å². The highest BCUT2D eigenvalue weighted by Gasteiger charge is 2.16. The standard InChI is InChI=1S/C15H21N/c1-13-8-10-16(11-9-13)14(2)12-15-6-4-3-5-7-15/h3-7,13H,2,8-12H2,1H3. The Morgan fingerprint density at radius 2 is 1.88 bits per heavy atom. The molecule has 1 heteroatoms. The van der Waals surface area contributed by atoms with Gasteiger partial charge in [-0.3, -0.25) is 0 Å². The first kappa shape index (κ1) is 11.3. The predicted molar refractivity (Wildman–Crippen MR) is 69.3 cm³/mol. The summed E-state index contributed by atoms with van der Waals surface area (Å²) in [7, 11) is 0. The first-order valence-electron chi connectivity index (χ1n) is 6.22. The molecule has 0 aliphatic carbocycles. The van der Waals surface area contributed by atoms with Gasteiger partial charge in [0.15, 0.2) is 0 Å². The number of rotatable bonds is 3. The van der Waals surface area contributed by atoms with Crippen molar-refractivity contribution in [1.82, 2.24) is 4.90 Å². The van der Waals surface area contributed by atoms with Gasteiger partial charge in [-0.1, -0.05) is 43.8 Å². The Bertz CT molecular complexity index is 334. The zero-order chi connectivity index (χ0) is 11.4. The highest BCUT2D eigenvalue weighted by atomic mass is 15.1. The molecule has 2 rings (SSSR count). The second-order valence-electron chi connectivity index (χ2n) is 4.90. The van der Waals surface area contributed by atoms with Gasteiger partial charge < -0.3 is 4.90 Å². The molecule has 0 bridgehead atoms. The van der Waals surface area contributed by atoms with Crippen LogP contribution in [0.1, 0.15) is 25.3 Å². The van der Waals surface area contributed by atoms with Gasteiger partial charge in [0.25, 0.3) is 0 Å². The quantitative estimate of drug-likeness (QED) is 0.746. The van der Waals surface area contributed by atoms with E-state index in [2.05, 4.69) is 48.7 Å². The molecule has 1 aliphatic rings. The van der Waals surface area contributed by atoms with E-state index in [0.717, 1.165) is 12.3 Å². The van der Waals surface area contributed by atoms with Crippen LogP contribution in [-0.4, -0.2) is 18.0 Å². The van der Waals surface area contributed by atoms with E-state index in [9.17, 15) is 0 Å². The van der Waals surface area contributed by atoms with Crippen LogP contribution in [-0.2, 0) is 6.42 Å². The maximum Gasteiger partial charge on any atom is 0.0177 e. The minimum atomic E-state index is 0.890. The average Bonchev–Trinajstić information content (AvgIpc) is 2.31. The van der Waals surface area contributed by atoms with Crippen LogP contribution in [0.25, 0.3) is 0 Å². The fourth-order valence-corrected chi connectivity index (χ4v) is 2.27. The van der Waals surface area contributed by atoms with Crippen molar-refractivity contribution in [2.24, 2.45) is 5.92 Å². The Labute approximate surface area is 98.8 Å². The summed E-state index contributed by atoms with van der Waals surface area (Å²) in [5.41, 5.74) is 2.64. The zero-order valence-electron chi connectivity index (χ0n) is 10.2. The summed E-state index contributed by atoms with van der Waals surface area (Å²) in [5, 5.41) is 0. The van der Waals surface area contributed by atoms with E-state index >= 15 is 0 Å². The number of benzene rings is 1. The maximum atomic E-state index is 4.22. The molecule has 0 N–H and O–H groups in total. The van der Waals surface area contributed by atoms with E-state index < -0.39 is 0 Å². The molecule has 0 atom stereocenters. The number of nitrogens with zero attached hydrogens (tertiary/aromatic N) is 1. The van der Waals surface area contributed by atoms with Gasteiger partial charge in [0.1, 0.15) is 0 Å². The molecule has 1 aliphatic heterocycles. The number of hydrogen-bond acceptors (Lipinski definition) is 1. The Hall–Kier alpha value is -1.24. The topological polar surface area (TPSA) is 3.24 Å². The monoisotopic (exact) mass is 215 g/mol. The molecule has 0 spiro atoms. The predicted octanol–water partition coefficient (Wildman–Crippen LogP) is 3.47. The number of allylic oxidation sites excluding steroid dienone is 1. The first-order valence-corrected chi connectivity index (χ1v) is 6.22. The summed E-state index contributed by atoms with van der Waals surface area (Å²) in [6.07, 6.45) is 3.62. The molecule has 16 heavy (non-hydrogen) atoms. The number of likely N-dealkylation sites (tertiary alicyclic amines) is 1. The van der Waals surface area contributed by atoms with Gasteiger partial charge in [0.2, 0.25) is 0 Å². The van der Waals surface area contributed by atoms with Gasteiger partial charge in [-0.2, -0.15) is 0 Å². The molecular formula is C15H21N. The third-order valence-electron chi connectivity index (χ3n) is 3.48. The Kier molecular flexibility index (Phi) is 3.66. The fraction of sp³-hybridized carbons (Fsp3) is 0.467. The van der Waals surface area contributed by atoms with Crippen LogP contribution in [0.15, 0.2) is 42.6 Å². The fourth-order valence-electron chi connectivity index (χ4n) is 2.27. The maximum absolute atomic E-state index is 4.22. The van der Waals surface area contributed by atoms with Crippen molar-refractivity contribution in [3.05, 3.63) is 48.2 Å². The third kappa shape index (κ3) is 2.88. The van der Waals surface area contributed by atoms with E-state index in [1.807, 2.05) is 0 Å². The van der Waals surface area contributed by atoms with Crippen LogP contribution in [0, 0.1) is 5.92 Å². The second-order valence-corrected chi connectivity index (χ2v) is 4.90. The van der Waals surface area contributed by atoms with Crippen LogP contribution < -0.4 is 0 Å². The molecule has 0 saturated carbocycles. The van der Waals surface area contributed by atoms with Crippen LogP contribution >= 0.6 is 0 Å². The Balaban J connectivity index is 1.89. The molecule has 1 heterocycles. The SMILES string of the molecule is C=C(Cc1ccccc1)N1CCC(C)CC1. The molecule has 1 saturated heterocycles. The Morgan fingerprint density at radius 3 is 2.50 bits per heavy atom. The first-order chi connectivity index (χ1) is 7.75. The van der Waals surface area contributed by atoms with Crippen LogP contribution in [0.5, 0.6) is 0 Å². The Morgan fingerprint density at radius 1 is 1.25 bits per heavy atom. The lowest BCUT2D eigenvalue weighted by Crippen LogP contribution is -2.32. The highest BCUT2D eigenvalue weighted by Crippen LogP contribution is 2.20. The van der Waals surface area contributed by atoms with Gasteiger partial charge in [-0.15, -0.1) is 0 Å². The minimum absolute atomic E-state index is 0.890. The van der Waals surface area contributed by atoms with Gasteiger partial charge >= 0.3 is 0 Å². The molecule has 0 aromatic heterocycles. The molecule has 0 radical (unpaired) electrons. The molecule has 1 nitrogen and oxygen atoms in total. The van der Waals surface area contributed by atoms with Crippen LogP contribution in [0.2, 0.25) is 0 Å². The molecule has 1 aromatic carbocycles. The van der Waals surface area contributed by atoms with E-state index in [1.54, 1.807) is 0 Å². The van der Waals surface area contributed by atoms with Gasteiger partial charge in [0.05, 0.1) is 0 Å². The smallest absolute Gasteiger partial charge is 0.0177 e. The second kappa shape index (κ2) is 5.20. The summed E-state index contributed by atoms with van der Waals surface area (Å²) in [5.74, 6) is 0.890. The number of piperidine rings is 1. The van der Waals surface area contributed by atoms with Crippen molar-refractivity contribution >= 4 is 0 Å². The van der Waals surface area contributed by atoms with Crippen LogP contribution in [0.3, 0.4) is 0 Å². The lowest BCUT2D eigenvalue weighted by atomic mass is 9.98. The van der Waals surface area contributed by atoms with Gasteiger partial charge in [-0.25, -0.2) is 0 Å². The molecule has 1 aromatic rings. The van der Waals surface area contributed by atoms with Crippen molar-refractivity contribution in [1.29, 1.82) is 0 Å². The normalized spacial score (nSPS) is 17.4. The highest BCUT2D eigenvalue weighted by molar-refractivity contribution is 5.20. The third-order valence-corrected chi connectivity index (χ3v) is 3.48. The van der Waals surface area contributed by atoms with E-state index in [4.69, 9.17) is 0 Å².